The summed E-state index contributed by atoms with van der Waals surface area (Å²) in [4.78, 5) is 13.0. The number of amides is 1. The molecule has 1 aliphatic rings. The highest BCUT2D eigenvalue weighted by Crippen LogP contribution is 2.37. The fourth-order valence-electron chi connectivity index (χ4n) is 2.85. The van der Waals surface area contributed by atoms with Crippen molar-refractivity contribution in [2.75, 3.05) is 10.7 Å². The van der Waals surface area contributed by atoms with E-state index in [-0.39, 0.29) is 17.6 Å². The second-order valence-electron chi connectivity index (χ2n) is 6.03. The number of halogens is 2. The van der Waals surface area contributed by atoms with Gasteiger partial charge in [0, 0.05) is 5.02 Å². The molecule has 1 aromatic heterocycles. The minimum atomic E-state index is -0.582. The Hall–Kier alpha value is -2.58. The molecule has 2 atom stereocenters. The van der Waals surface area contributed by atoms with Crippen molar-refractivity contribution < 1.29 is 9.18 Å². The fourth-order valence-corrected chi connectivity index (χ4v) is 4.10. The summed E-state index contributed by atoms with van der Waals surface area (Å²) in [5.41, 5.74) is 4.30. The van der Waals surface area contributed by atoms with Gasteiger partial charge in [-0.3, -0.25) is 4.79 Å². The van der Waals surface area contributed by atoms with E-state index in [1.54, 1.807) is 28.9 Å². The van der Waals surface area contributed by atoms with Gasteiger partial charge in [-0.15, -0.1) is 10.2 Å². The second kappa shape index (κ2) is 7.21. The molecule has 9 heteroatoms. The summed E-state index contributed by atoms with van der Waals surface area (Å²) in [6.07, 6.45) is 0. The maximum absolute atomic E-state index is 13.9. The third kappa shape index (κ3) is 3.50. The maximum Gasteiger partial charge on any atom is 0.240 e. The molecule has 2 heterocycles. The number of hydrogen-bond donors (Lipinski definition) is 2. The van der Waals surface area contributed by atoms with E-state index in [9.17, 15) is 9.18 Å². The second-order valence-corrected chi connectivity index (χ2v) is 7.58. The fraction of sp³-hybridized carbons (Fsp3) is 0.167. The normalized spacial score (nSPS) is 18.5. The molecule has 2 N–H and O–H groups in total. The third-order valence-corrected chi connectivity index (χ3v) is 5.68. The maximum atomic E-state index is 13.9. The Labute approximate surface area is 164 Å². The van der Waals surface area contributed by atoms with Crippen LogP contribution >= 0.6 is 23.4 Å². The summed E-state index contributed by atoms with van der Waals surface area (Å²) < 4.78 is 15.7. The Balaban J connectivity index is 1.68. The highest BCUT2D eigenvalue weighted by atomic mass is 35.5. The molecule has 6 nitrogen and oxygen atoms in total. The lowest BCUT2D eigenvalue weighted by Crippen LogP contribution is -2.41. The molecule has 0 fully saturated rings. The van der Waals surface area contributed by atoms with E-state index in [1.165, 1.54) is 23.9 Å². The average Bonchev–Trinajstić information content (AvgIpc) is 3.03. The molecule has 0 bridgehead atoms. The highest BCUT2D eigenvalue weighted by Gasteiger charge is 2.37. The van der Waals surface area contributed by atoms with Gasteiger partial charge in [-0.05, 0) is 36.8 Å². The molecule has 0 aliphatic carbocycles. The lowest BCUT2D eigenvalue weighted by molar-refractivity contribution is -0.116. The Bertz CT molecular complexity index is 994. The number of fused-ring (bicyclic) bond motifs is 1. The number of nitrogens with zero attached hydrogens (tertiary/aromatic N) is 3. The van der Waals surface area contributed by atoms with Crippen molar-refractivity contribution in [2.45, 2.75) is 23.4 Å². The van der Waals surface area contributed by atoms with E-state index in [0.717, 1.165) is 5.56 Å². The summed E-state index contributed by atoms with van der Waals surface area (Å²) in [5.74, 6) is -0.129. The molecule has 0 unspecified atom stereocenters. The molecular weight excluding hydrogens is 389 g/mol. The Morgan fingerprint density at radius 1 is 1.22 bits per heavy atom. The molecule has 1 amide bonds. The van der Waals surface area contributed by atoms with Crippen LogP contribution in [0.3, 0.4) is 0 Å². The number of carbonyl (C=O) groups excluding carboxylic acids is 1. The van der Waals surface area contributed by atoms with Gasteiger partial charge in [0.15, 0.2) is 0 Å². The SMILES string of the molecule is Cc1nnc2n1N[C@@H](c1ccc(Cl)cc1)[C@H](C(=O)Nc1ccccc1F)S2. The number of aryl methyl sites for hydroxylation is 1. The molecule has 2 aromatic carbocycles. The molecule has 27 heavy (non-hydrogen) atoms. The number of thioether (sulfide) groups is 1. The van der Waals surface area contributed by atoms with Crippen LogP contribution < -0.4 is 10.7 Å². The Kier molecular flexibility index (Phi) is 4.75. The average molecular weight is 404 g/mol. The topological polar surface area (TPSA) is 71.8 Å². The summed E-state index contributed by atoms with van der Waals surface area (Å²) in [5, 5.41) is 11.4. The van der Waals surface area contributed by atoms with Crippen LogP contribution in [0.5, 0.6) is 0 Å². The van der Waals surface area contributed by atoms with Gasteiger partial charge in [0.1, 0.15) is 16.9 Å². The summed E-state index contributed by atoms with van der Waals surface area (Å²) in [6, 6.07) is 12.9. The standard InChI is InChI=1S/C18H15ClFN5OS/c1-10-22-23-18-25(10)24-15(11-6-8-12(19)9-7-11)16(27-18)17(26)21-14-5-3-2-4-13(14)20/h2-9,15-16,24H,1H3,(H,21,26)/t15-,16+/m0/s1. The number of benzene rings is 2. The van der Waals surface area contributed by atoms with Crippen molar-refractivity contribution in [1.82, 2.24) is 14.9 Å². The van der Waals surface area contributed by atoms with Crippen LogP contribution in [0.25, 0.3) is 0 Å². The van der Waals surface area contributed by atoms with Gasteiger partial charge < -0.3 is 10.7 Å². The molecule has 0 spiro atoms. The third-order valence-electron chi connectivity index (χ3n) is 4.22. The van der Waals surface area contributed by atoms with E-state index in [4.69, 9.17) is 11.6 Å². The number of aromatic nitrogens is 3. The number of carbonyl (C=O) groups is 1. The van der Waals surface area contributed by atoms with E-state index in [1.807, 2.05) is 19.1 Å². The number of nitrogens with one attached hydrogen (secondary N) is 2. The largest absolute Gasteiger partial charge is 0.323 e. The van der Waals surface area contributed by atoms with Crippen molar-refractivity contribution in [3.63, 3.8) is 0 Å². The molecule has 0 radical (unpaired) electrons. The van der Waals surface area contributed by atoms with Gasteiger partial charge in [-0.2, -0.15) is 0 Å². The van der Waals surface area contributed by atoms with Crippen LogP contribution in [-0.4, -0.2) is 26.0 Å². The first-order valence-corrected chi connectivity index (χ1v) is 9.45. The smallest absolute Gasteiger partial charge is 0.240 e. The monoisotopic (exact) mass is 403 g/mol. The molecule has 4 rings (SSSR count). The van der Waals surface area contributed by atoms with Crippen LogP contribution in [0.4, 0.5) is 10.1 Å². The van der Waals surface area contributed by atoms with Gasteiger partial charge in [-0.25, -0.2) is 9.07 Å². The zero-order valence-corrected chi connectivity index (χ0v) is 15.8. The Morgan fingerprint density at radius 3 is 2.70 bits per heavy atom. The zero-order chi connectivity index (χ0) is 19.0. The first kappa shape index (κ1) is 17.8. The van der Waals surface area contributed by atoms with Crippen molar-refractivity contribution in [3.8, 4) is 0 Å². The van der Waals surface area contributed by atoms with Crippen molar-refractivity contribution >= 4 is 35.0 Å². The summed E-state index contributed by atoms with van der Waals surface area (Å²) in [7, 11) is 0. The van der Waals surface area contributed by atoms with E-state index >= 15 is 0 Å². The first-order valence-electron chi connectivity index (χ1n) is 8.19. The van der Waals surface area contributed by atoms with Crippen LogP contribution in [0.1, 0.15) is 17.4 Å². The van der Waals surface area contributed by atoms with Gasteiger partial charge >= 0.3 is 0 Å². The molecule has 138 valence electrons. The predicted molar refractivity (Wildman–Crippen MR) is 103 cm³/mol. The van der Waals surface area contributed by atoms with Crippen LogP contribution in [0.2, 0.25) is 5.02 Å². The number of rotatable bonds is 3. The number of para-hydroxylation sites is 1. The van der Waals surface area contributed by atoms with Crippen LogP contribution in [0.15, 0.2) is 53.7 Å². The van der Waals surface area contributed by atoms with Crippen molar-refractivity contribution in [3.05, 3.63) is 70.8 Å². The van der Waals surface area contributed by atoms with Crippen molar-refractivity contribution in [1.29, 1.82) is 0 Å². The van der Waals surface area contributed by atoms with Crippen LogP contribution in [-0.2, 0) is 4.79 Å². The summed E-state index contributed by atoms with van der Waals surface area (Å²) >= 11 is 7.27. The lowest BCUT2D eigenvalue weighted by atomic mass is 10.0. The van der Waals surface area contributed by atoms with Crippen LogP contribution in [0, 0.1) is 12.7 Å². The molecular formula is C18H15ClFN5OS. The van der Waals surface area contributed by atoms with E-state index in [0.29, 0.717) is 16.0 Å². The van der Waals surface area contributed by atoms with Gasteiger partial charge in [0.2, 0.25) is 11.1 Å². The lowest BCUT2D eigenvalue weighted by Gasteiger charge is -2.32. The van der Waals surface area contributed by atoms with Crippen molar-refractivity contribution in [2.24, 2.45) is 0 Å². The first-order chi connectivity index (χ1) is 13.0. The van der Waals surface area contributed by atoms with E-state index < -0.39 is 11.1 Å². The Morgan fingerprint density at radius 2 is 1.96 bits per heavy atom. The van der Waals surface area contributed by atoms with E-state index in [2.05, 4.69) is 20.9 Å². The quantitative estimate of drug-likeness (QED) is 0.696. The molecule has 3 aromatic rings. The molecule has 0 saturated heterocycles. The van der Waals surface area contributed by atoms with Gasteiger partial charge in [0.25, 0.3) is 0 Å². The zero-order valence-electron chi connectivity index (χ0n) is 14.2. The molecule has 0 saturated carbocycles. The minimum absolute atomic E-state index is 0.140. The van der Waals surface area contributed by atoms with Gasteiger partial charge in [0.05, 0.1) is 11.7 Å². The predicted octanol–water partition coefficient (Wildman–Crippen LogP) is 3.78. The minimum Gasteiger partial charge on any atom is -0.323 e. The summed E-state index contributed by atoms with van der Waals surface area (Å²) in [6.45, 7) is 1.82. The number of anilines is 1. The number of hydrogen-bond acceptors (Lipinski definition) is 5. The highest BCUT2D eigenvalue weighted by molar-refractivity contribution is 8.00. The molecule has 1 aliphatic heterocycles. The van der Waals surface area contributed by atoms with Gasteiger partial charge in [-0.1, -0.05) is 47.6 Å².